The summed E-state index contributed by atoms with van der Waals surface area (Å²) in [5.41, 5.74) is 2.06. The summed E-state index contributed by atoms with van der Waals surface area (Å²) in [6.45, 7) is 0.0535. The number of aldehydes is 1. The first-order valence-electron chi connectivity index (χ1n) is 7.93. The molecule has 6 nitrogen and oxygen atoms in total. The fourth-order valence-electron chi connectivity index (χ4n) is 2.76. The van der Waals surface area contributed by atoms with Crippen molar-refractivity contribution in [2.75, 3.05) is 23.4 Å². The number of likely N-dealkylation sites (N-methyl/N-ethyl adjacent to an activating group) is 1. The zero-order valence-corrected chi connectivity index (χ0v) is 14.8. The van der Waals surface area contributed by atoms with Crippen LogP contribution in [-0.4, -0.2) is 31.6 Å². The molecule has 3 rings (SSSR count). The molecule has 0 saturated carbocycles. The van der Waals surface area contributed by atoms with Gasteiger partial charge in [0.1, 0.15) is 12.1 Å². The maximum Gasteiger partial charge on any atom is 0.268 e. The van der Waals surface area contributed by atoms with Crippen LogP contribution in [-0.2, 0) is 9.59 Å². The summed E-state index contributed by atoms with van der Waals surface area (Å²) < 4.78 is 0. The zero-order valence-electron chi connectivity index (χ0n) is 14.1. The third-order valence-corrected chi connectivity index (χ3v) is 4.26. The Labute approximate surface area is 156 Å². The number of anilines is 3. The fourth-order valence-corrected chi connectivity index (χ4v) is 2.93. The van der Waals surface area contributed by atoms with E-state index in [0.29, 0.717) is 28.4 Å². The molecule has 1 aliphatic heterocycles. The van der Waals surface area contributed by atoms with Crippen molar-refractivity contribution in [3.05, 3.63) is 65.3 Å². The molecular weight excluding hydrogens is 352 g/mol. The number of hydrogen-bond donors (Lipinski definition) is 2. The minimum Gasteiger partial charge on any atom is -0.383 e. The number of para-hydroxylation sites is 1. The lowest BCUT2D eigenvalue weighted by Crippen LogP contribution is -2.33. The van der Waals surface area contributed by atoms with Gasteiger partial charge in [0.15, 0.2) is 0 Å². The first-order valence-corrected chi connectivity index (χ1v) is 8.31. The highest BCUT2D eigenvalue weighted by atomic mass is 35.5. The quantitative estimate of drug-likeness (QED) is 0.494. The summed E-state index contributed by atoms with van der Waals surface area (Å²) in [6.07, 6.45) is 2.09. The molecule has 1 amide bonds. The van der Waals surface area contributed by atoms with Gasteiger partial charge < -0.3 is 15.0 Å². The SMILES string of the molecule is CN1C(=N)/C(=C\NCC=O)C(=O)N(c2ccccc2)c2cc(Cl)ccc21. The van der Waals surface area contributed by atoms with Crippen molar-refractivity contribution in [2.45, 2.75) is 0 Å². The summed E-state index contributed by atoms with van der Waals surface area (Å²) >= 11 is 6.18. The summed E-state index contributed by atoms with van der Waals surface area (Å²) in [6, 6.07) is 14.4. The lowest BCUT2D eigenvalue weighted by atomic mass is 10.2. The molecule has 0 atom stereocenters. The van der Waals surface area contributed by atoms with E-state index in [1.807, 2.05) is 30.3 Å². The van der Waals surface area contributed by atoms with Crippen LogP contribution in [0.4, 0.5) is 17.1 Å². The van der Waals surface area contributed by atoms with Crippen LogP contribution in [0.15, 0.2) is 60.3 Å². The molecule has 0 radical (unpaired) electrons. The topological polar surface area (TPSA) is 76.5 Å². The average Bonchev–Trinajstić information content (AvgIpc) is 2.72. The van der Waals surface area contributed by atoms with Crippen LogP contribution in [0.1, 0.15) is 0 Å². The number of amides is 1. The number of carbonyl (C=O) groups is 2. The maximum atomic E-state index is 13.3. The van der Waals surface area contributed by atoms with Gasteiger partial charge >= 0.3 is 0 Å². The third kappa shape index (κ3) is 3.19. The Balaban J connectivity index is 2.22. The van der Waals surface area contributed by atoms with E-state index in [0.717, 1.165) is 0 Å². The second-order valence-electron chi connectivity index (χ2n) is 5.65. The molecule has 2 aromatic carbocycles. The largest absolute Gasteiger partial charge is 0.383 e. The molecule has 2 N–H and O–H groups in total. The number of halogens is 1. The predicted molar refractivity (Wildman–Crippen MR) is 103 cm³/mol. The molecule has 1 aliphatic rings. The third-order valence-electron chi connectivity index (χ3n) is 4.03. The Kier molecular flexibility index (Phi) is 5.04. The number of benzene rings is 2. The van der Waals surface area contributed by atoms with E-state index < -0.39 is 0 Å². The van der Waals surface area contributed by atoms with Gasteiger partial charge in [-0.1, -0.05) is 29.8 Å². The smallest absolute Gasteiger partial charge is 0.268 e. The van der Waals surface area contributed by atoms with Gasteiger partial charge in [-0.05, 0) is 30.3 Å². The normalized spacial score (nSPS) is 15.7. The lowest BCUT2D eigenvalue weighted by molar-refractivity contribution is -0.114. The molecule has 0 spiro atoms. The van der Waals surface area contributed by atoms with Crippen molar-refractivity contribution in [1.82, 2.24) is 5.32 Å². The van der Waals surface area contributed by atoms with Gasteiger partial charge in [-0.25, -0.2) is 0 Å². The summed E-state index contributed by atoms with van der Waals surface area (Å²) in [4.78, 5) is 27.0. The first-order chi connectivity index (χ1) is 12.5. The van der Waals surface area contributed by atoms with Crippen molar-refractivity contribution in [3.63, 3.8) is 0 Å². The van der Waals surface area contributed by atoms with Crippen LogP contribution in [0.5, 0.6) is 0 Å². The number of amidine groups is 1. The van der Waals surface area contributed by atoms with Crippen LogP contribution in [0.3, 0.4) is 0 Å². The molecule has 0 fully saturated rings. The van der Waals surface area contributed by atoms with Crippen LogP contribution in [0.25, 0.3) is 0 Å². The Morgan fingerprint density at radius 1 is 1.15 bits per heavy atom. The van der Waals surface area contributed by atoms with Gasteiger partial charge in [-0.3, -0.25) is 15.1 Å². The van der Waals surface area contributed by atoms with Crippen molar-refractivity contribution in [3.8, 4) is 0 Å². The Bertz CT molecular complexity index is 896. The second-order valence-corrected chi connectivity index (χ2v) is 6.09. The fraction of sp³-hybridized carbons (Fsp3) is 0.105. The van der Waals surface area contributed by atoms with E-state index in [9.17, 15) is 9.59 Å². The van der Waals surface area contributed by atoms with Crippen molar-refractivity contribution in [1.29, 1.82) is 5.41 Å². The van der Waals surface area contributed by atoms with E-state index in [-0.39, 0.29) is 23.9 Å². The number of carbonyl (C=O) groups excluding carboxylic acids is 2. The molecule has 7 heteroatoms. The summed E-state index contributed by atoms with van der Waals surface area (Å²) in [7, 11) is 1.71. The van der Waals surface area contributed by atoms with Crippen molar-refractivity contribution >= 4 is 46.7 Å². The zero-order chi connectivity index (χ0) is 18.7. The summed E-state index contributed by atoms with van der Waals surface area (Å²) in [5, 5.41) is 11.7. The highest BCUT2D eigenvalue weighted by Gasteiger charge is 2.33. The highest BCUT2D eigenvalue weighted by molar-refractivity contribution is 6.34. The van der Waals surface area contributed by atoms with E-state index >= 15 is 0 Å². The van der Waals surface area contributed by atoms with E-state index in [2.05, 4.69) is 5.32 Å². The number of rotatable bonds is 4. The summed E-state index contributed by atoms with van der Waals surface area (Å²) in [5.74, 6) is -0.358. The van der Waals surface area contributed by atoms with Gasteiger partial charge in [-0.2, -0.15) is 0 Å². The van der Waals surface area contributed by atoms with Crippen LogP contribution >= 0.6 is 11.6 Å². The minimum absolute atomic E-state index is 0.0235. The monoisotopic (exact) mass is 368 g/mol. The maximum absolute atomic E-state index is 13.3. The predicted octanol–water partition coefficient (Wildman–Crippen LogP) is 3.10. The Hall–Kier alpha value is -3.12. The molecule has 26 heavy (non-hydrogen) atoms. The molecule has 1 heterocycles. The number of fused-ring (bicyclic) bond motifs is 1. The van der Waals surface area contributed by atoms with Gasteiger partial charge in [0, 0.05) is 24.0 Å². The Morgan fingerprint density at radius 2 is 1.88 bits per heavy atom. The van der Waals surface area contributed by atoms with Gasteiger partial charge in [0.25, 0.3) is 5.91 Å². The van der Waals surface area contributed by atoms with Gasteiger partial charge in [-0.15, -0.1) is 0 Å². The average molecular weight is 369 g/mol. The van der Waals surface area contributed by atoms with Crippen LogP contribution in [0.2, 0.25) is 5.02 Å². The minimum atomic E-state index is -0.382. The highest BCUT2D eigenvalue weighted by Crippen LogP contribution is 2.40. The van der Waals surface area contributed by atoms with E-state index in [4.69, 9.17) is 17.0 Å². The molecule has 0 unspecified atom stereocenters. The molecule has 0 saturated heterocycles. The van der Waals surface area contributed by atoms with Crippen LogP contribution in [0, 0.1) is 5.41 Å². The molecule has 132 valence electrons. The number of nitrogens with zero attached hydrogens (tertiary/aromatic N) is 2. The lowest BCUT2D eigenvalue weighted by Gasteiger charge is -2.24. The van der Waals surface area contributed by atoms with E-state index in [1.165, 1.54) is 11.1 Å². The molecular formula is C19H17ClN4O2. The standard InChI is InChI=1S/C19H17ClN4O2/c1-23-16-8-7-13(20)11-17(16)24(14-5-3-2-4-6-14)19(26)15(18(23)21)12-22-9-10-25/h2-8,10-12,21-22H,9H2,1H3/b15-12+,21-18?. The van der Waals surface area contributed by atoms with Crippen molar-refractivity contribution in [2.24, 2.45) is 0 Å². The molecule has 2 aromatic rings. The Morgan fingerprint density at radius 3 is 2.58 bits per heavy atom. The van der Waals surface area contributed by atoms with Crippen molar-refractivity contribution < 1.29 is 9.59 Å². The molecule has 0 aliphatic carbocycles. The number of nitrogens with one attached hydrogen (secondary N) is 2. The second kappa shape index (κ2) is 7.41. The number of hydrogen-bond acceptors (Lipinski definition) is 4. The van der Waals surface area contributed by atoms with Crippen LogP contribution < -0.4 is 15.1 Å². The molecule has 0 bridgehead atoms. The van der Waals surface area contributed by atoms with E-state index in [1.54, 1.807) is 30.1 Å². The van der Waals surface area contributed by atoms with Gasteiger partial charge in [0.05, 0.1) is 23.5 Å². The molecule has 0 aromatic heterocycles. The van der Waals surface area contributed by atoms with Gasteiger partial charge in [0.2, 0.25) is 0 Å². The first kappa shape index (κ1) is 17.7.